The summed E-state index contributed by atoms with van der Waals surface area (Å²) < 4.78 is 49.7. The average molecular weight is 446 g/mol. The lowest BCUT2D eigenvalue weighted by atomic mass is 10.1. The minimum Gasteiger partial charge on any atom is -0.376 e. The number of hydrogen-bond acceptors (Lipinski definition) is 5. The number of alkyl halides is 3. The second-order valence-electron chi connectivity index (χ2n) is 7.68. The van der Waals surface area contributed by atoms with Crippen LogP contribution in [0, 0.1) is 6.92 Å². The van der Waals surface area contributed by atoms with Gasteiger partial charge in [0.1, 0.15) is 5.52 Å². The molecule has 0 amide bonds. The zero-order valence-electron chi connectivity index (χ0n) is 16.9. The first-order valence-corrected chi connectivity index (χ1v) is 11.0. The van der Waals surface area contributed by atoms with Crippen molar-refractivity contribution in [3.8, 4) is 10.7 Å². The molecule has 1 atom stereocenters. The highest BCUT2D eigenvalue weighted by molar-refractivity contribution is 7.13. The van der Waals surface area contributed by atoms with Gasteiger partial charge in [-0.25, -0.2) is 9.97 Å². The number of para-hydroxylation sites is 1. The standard InChI is InChI=1S/C22H21F3N4OS/c1-13-4-2-5-15-17(13)27-20(22(23,24)25)18-19(15)29(9-7-14-12-26-8-10-30-14)21(28-18)16-6-3-11-31-16/h2-6,11,14,26H,7-10,12H2,1H3. The molecule has 5 rings (SSSR count). The molecule has 4 aromatic rings. The van der Waals surface area contributed by atoms with E-state index in [1.54, 1.807) is 13.0 Å². The first-order chi connectivity index (χ1) is 14.9. The quantitative estimate of drug-likeness (QED) is 0.478. The zero-order chi connectivity index (χ0) is 21.6. The topological polar surface area (TPSA) is 52.0 Å². The van der Waals surface area contributed by atoms with E-state index in [-0.39, 0.29) is 11.6 Å². The summed E-state index contributed by atoms with van der Waals surface area (Å²) in [5.74, 6) is 0.537. The molecule has 1 aromatic carbocycles. The van der Waals surface area contributed by atoms with Crippen molar-refractivity contribution in [3.63, 3.8) is 0 Å². The van der Waals surface area contributed by atoms with Gasteiger partial charge in [0.15, 0.2) is 11.5 Å². The molecule has 1 fully saturated rings. The van der Waals surface area contributed by atoms with E-state index in [1.807, 2.05) is 34.2 Å². The van der Waals surface area contributed by atoms with Gasteiger partial charge in [0, 0.05) is 25.0 Å². The fourth-order valence-electron chi connectivity index (χ4n) is 4.14. The summed E-state index contributed by atoms with van der Waals surface area (Å²) in [7, 11) is 0. The Balaban J connectivity index is 1.77. The Morgan fingerprint density at radius 1 is 1.19 bits per heavy atom. The molecule has 162 valence electrons. The molecular weight excluding hydrogens is 425 g/mol. The Morgan fingerprint density at radius 3 is 2.77 bits per heavy atom. The van der Waals surface area contributed by atoms with E-state index >= 15 is 0 Å². The summed E-state index contributed by atoms with van der Waals surface area (Å²) in [6.07, 6.45) is -3.91. The molecule has 31 heavy (non-hydrogen) atoms. The normalized spacial score (nSPS) is 17.6. The van der Waals surface area contributed by atoms with E-state index < -0.39 is 11.9 Å². The van der Waals surface area contributed by atoms with E-state index in [2.05, 4.69) is 15.3 Å². The largest absolute Gasteiger partial charge is 0.435 e. The molecule has 0 bridgehead atoms. The number of hydrogen-bond donors (Lipinski definition) is 1. The number of aromatic nitrogens is 3. The van der Waals surface area contributed by atoms with Gasteiger partial charge >= 0.3 is 6.18 Å². The van der Waals surface area contributed by atoms with Gasteiger partial charge in [0.25, 0.3) is 0 Å². The number of aryl methyl sites for hydroxylation is 2. The second-order valence-corrected chi connectivity index (χ2v) is 8.62. The Hall–Kier alpha value is -2.49. The number of ether oxygens (including phenoxy) is 1. The predicted octanol–water partition coefficient (Wildman–Crippen LogP) is 5.02. The highest BCUT2D eigenvalue weighted by Gasteiger charge is 2.38. The van der Waals surface area contributed by atoms with Gasteiger partial charge < -0.3 is 14.6 Å². The average Bonchev–Trinajstić information content (AvgIpc) is 3.40. The summed E-state index contributed by atoms with van der Waals surface area (Å²) in [6, 6.07) is 9.22. The van der Waals surface area contributed by atoms with E-state index in [0.29, 0.717) is 47.4 Å². The van der Waals surface area contributed by atoms with E-state index in [4.69, 9.17) is 4.74 Å². The third-order valence-electron chi connectivity index (χ3n) is 5.60. The lowest BCUT2D eigenvalue weighted by Gasteiger charge is -2.24. The predicted molar refractivity (Wildman–Crippen MR) is 115 cm³/mol. The minimum absolute atomic E-state index is 0.0132. The highest BCUT2D eigenvalue weighted by atomic mass is 32.1. The van der Waals surface area contributed by atoms with Gasteiger partial charge in [-0.1, -0.05) is 24.3 Å². The van der Waals surface area contributed by atoms with Crippen molar-refractivity contribution < 1.29 is 17.9 Å². The molecule has 0 saturated carbocycles. The number of imidazole rings is 1. The lowest BCUT2D eigenvalue weighted by molar-refractivity contribution is -0.139. The van der Waals surface area contributed by atoms with Crippen molar-refractivity contribution in [1.29, 1.82) is 0 Å². The van der Waals surface area contributed by atoms with E-state index in [9.17, 15) is 13.2 Å². The van der Waals surface area contributed by atoms with Gasteiger partial charge in [-0.05, 0) is 30.4 Å². The number of pyridine rings is 1. The summed E-state index contributed by atoms with van der Waals surface area (Å²) >= 11 is 1.46. The van der Waals surface area contributed by atoms with Gasteiger partial charge in [0.2, 0.25) is 0 Å². The van der Waals surface area contributed by atoms with Crippen LogP contribution in [0.3, 0.4) is 0 Å². The molecule has 4 heterocycles. The Labute approximate surface area is 180 Å². The van der Waals surface area contributed by atoms with Crippen LogP contribution in [0.1, 0.15) is 17.7 Å². The zero-order valence-corrected chi connectivity index (χ0v) is 17.7. The molecule has 0 radical (unpaired) electrons. The smallest absolute Gasteiger partial charge is 0.376 e. The number of halogens is 3. The first kappa shape index (κ1) is 20.4. The maximum absolute atomic E-state index is 14.0. The number of nitrogens with zero attached hydrogens (tertiary/aromatic N) is 3. The second kappa shape index (κ2) is 7.89. The molecule has 1 aliphatic heterocycles. The van der Waals surface area contributed by atoms with Crippen LogP contribution in [0.2, 0.25) is 0 Å². The third-order valence-corrected chi connectivity index (χ3v) is 6.46. The molecule has 9 heteroatoms. The van der Waals surface area contributed by atoms with Crippen LogP contribution in [0.15, 0.2) is 35.7 Å². The van der Waals surface area contributed by atoms with Crippen LogP contribution in [-0.2, 0) is 17.5 Å². The Morgan fingerprint density at radius 2 is 2.06 bits per heavy atom. The molecule has 0 spiro atoms. The summed E-state index contributed by atoms with van der Waals surface area (Å²) in [6.45, 7) is 4.47. The Kier molecular flexibility index (Phi) is 5.19. The molecule has 3 aromatic heterocycles. The van der Waals surface area contributed by atoms with Crippen molar-refractivity contribution >= 4 is 33.3 Å². The number of morpholine rings is 1. The van der Waals surface area contributed by atoms with Crippen molar-refractivity contribution in [2.75, 3.05) is 19.7 Å². The first-order valence-electron chi connectivity index (χ1n) is 10.2. The molecule has 1 aliphatic rings. The number of rotatable bonds is 4. The maximum atomic E-state index is 14.0. The summed E-state index contributed by atoms with van der Waals surface area (Å²) in [5.41, 5.74) is 0.508. The van der Waals surface area contributed by atoms with Crippen molar-refractivity contribution in [1.82, 2.24) is 19.9 Å². The fraction of sp³-hybridized carbons (Fsp3) is 0.364. The van der Waals surface area contributed by atoms with Crippen LogP contribution >= 0.6 is 11.3 Å². The highest BCUT2D eigenvalue weighted by Crippen LogP contribution is 2.39. The monoisotopic (exact) mass is 446 g/mol. The van der Waals surface area contributed by atoms with E-state index in [0.717, 1.165) is 18.0 Å². The number of thiophene rings is 1. The van der Waals surface area contributed by atoms with Crippen LogP contribution in [0.25, 0.3) is 32.6 Å². The lowest BCUT2D eigenvalue weighted by Crippen LogP contribution is -2.38. The molecule has 1 unspecified atom stereocenters. The maximum Gasteiger partial charge on any atom is 0.435 e. The van der Waals surface area contributed by atoms with Crippen molar-refractivity contribution in [2.45, 2.75) is 32.2 Å². The van der Waals surface area contributed by atoms with Crippen molar-refractivity contribution in [2.24, 2.45) is 0 Å². The van der Waals surface area contributed by atoms with Crippen LogP contribution in [-0.4, -0.2) is 40.3 Å². The van der Waals surface area contributed by atoms with Crippen LogP contribution < -0.4 is 5.32 Å². The molecular formula is C22H21F3N4OS. The van der Waals surface area contributed by atoms with E-state index in [1.165, 1.54) is 11.3 Å². The number of nitrogens with one attached hydrogen (secondary N) is 1. The summed E-state index contributed by atoms with van der Waals surface area (Å²) in [4.78, 5) is 9.35. The fourth-order valence-corrected chi connectivity index (χ4v) is 4.86. The van der Waals surface area contributed by atoms with Crippen LogP contribution in [0.4, 0.5) is 13.2 Å². The SMILES string of the molecule is Cc1cccc2c1nc(C(F)(F)F)c1nc(-c3cccs3)n(CCC3CNCCO3)c12. The molecule has 5 nitrogen and oxygen atoms in total. The van der Waals surface area contributed by atoms with Gasteiger partial charge in [-0.2, -0.15) is 13.2 Å². The molecule has 1 saturated heterocycles. The van der Waals surface area contributed by atoms with Gasteiger partial charge in [-0.3, -0.25) is 0 Å². The third kappa shape index (κ3) is 3.71. The van der Waals surface area contributed by atoms with Gasteiger partial charge in [-0.15, -0.1) is 11.3 Å². The van der Waals surface area contributed by atoms with Crippen LogP contribution in [0.5, 0.6) is 0 Å². The molecule has 1 N–H and O–H groups in total. The number of fused-ring (bicyclic) bond motifs is 3. The summed E-state index contributed by atoms with van der Waals surface area (Å²) in [5, 5.41) is 5.89. The number of benzene rings is 1. The van der Waals surface area contributed by atoms with Gasteiger partial charge in [0.05, 0.1) is 28.6 Å². The Bertz CT molecular complexity index is 1230. The minimum atomic E-state index is -4.60. The molecule has 0 aliphatic carbocycles. The van der Waals surface area contributed by atoms with Crippen molar-refractivity contribution in [3.05, 3.63) is 47.0 Å².